The number of hydrogen-bond acceptors (Lipinski definition) is 3. The molecule has 1 aliphatic heterocycles. The molecule has 0 unspecified atom stereocenters. The fourth-order valence-corrected chi connectivity index (χ4v) is 5.38. The first-order valence-electron chi connectivity index (χ1n) is 12.2. The van der Waals surface area contributed by atoms with Crippen molar-refractivity contribution in [2.45, 2.75) is 58.5 Å². The molecular weight excluding hydrogens is 415 g/mol. The van der Waals surface area contributed by atoms with E-state index in [0.717, 1.165) is 47.3 Å². The zero-order chi connectivity index (χ0) is 22.5. The van der Waals surface area contributed by atoms with E-state index in [1.54, 1.807) is 6.20 Å². The summed E-state index contributed by atoms with van der Waals surface area (Å²) in [6, 6.07) is 9.81. The molecule has 2 aromatic heterocycles. The summed E-state index contributed by atoms with van der Waals surface area (Å²) < 4.78 is 17.0. The lowest BCUT2D eigenvalue weighted by atomic mass is 9.98. The van der Waals surface area contributed by atoms with Crippen LogP contribution in [0.3, 0.4) is 0 Å². The highest BCUT2D eigenvalue weighted by molar-refractivity contribution is 6.00. The van der Waals surface area contributed by atoms with Gasteiger partial charge in [-0.2, -0.15) is 9.49 Å². The van der Waals surface area contributed by atoms with Crippen molar-refractivity contribution in [1.82, 2.24) is 19.7 Å². The molecule has 3 aromatic rings. The number of halogens is 1. The normalized spacial score (nSPS) is 18.4. The van der Waals surface area contributed by atoms with E-state index in [9.17, 15) is 4.79 Å². The van der Waals surface area contributed by atoms with Gasteiger partial charge in [0.15, 0.2) is 0 Å². The number of nitrogens with zero attached hydrogens (tertiary/aromatic N) is 4. The molecule has 0 saturated heterocycles. The molecule has 2 aliphatic carbocycles. The Hall–Kier alpha value is -3.02. The third-order valence-electron chi connectivity index (χ3n) is 7.44. The van der Waals surface area contributed by atoms with E-state index in [4.69, 9.17) is 4.98 Å². The van der Waals surface area contributed by atoms with Crippen molar-refractivity contribution in [3.8, 4) is 22.4 Å². The second-order valence-corrected chi connectivity index (χ2v) is 10.0. The standard InChI is InChI=1S/C27H29FN4O/c1-17-6-11-22(24-13-29-32(26(24)28)15-18-4-2-3-5-18)25(30-17)20-9-10-21-16-31(14-19-7-8-19)27(33)23(21)12-20/h6,9-13,18-19H,2-5,7-8,14-16H2,1H3. The highest BCUT2D eigenvalue weighted by Crippen LogP contribution is 2.37. The molecule has 6 rings (SSSR count). The van der Waals surface area contributed by atoms with Crippen LogP contribution in [0.1, 0.15) is 60.1 Å². The Kier molecular flexibility index (Phi) is 5.04. The van der Waals surface area contributed by atoms with Crippen molar-refractivity contribution < 1.29 is 9.18 Å². The minimum atomic E-state index is -0.304. The summed E-state index contributed by atoms with van der Waals surface area (Å²) in [6.07, 6.45) is 8.81. The van der Waals surface area contributed by atoms with Gasteiger partial charge in [0, 0.05) is 42.0 Å². The average molecular weight is 445 g/mol. The number of aryl methyl sites for hydroxylation is 1. The Morgan fingerprint density at radius 2 is 1.76 bits per heavy atom. The number of fused-ring (bicyclic) bond motifs is 1. The SMILES string of the molecule is Cc1ccc(-c2cnn(CC3CCCC3)c2F)c(-c2ccc3c(c2)C(=O)N(CC2CC2)C3)n1. The van der Waals surface area contributed by atoms with Crippen molar-refractivity contribution in [1.29, 1.82) is 0 Å². The second-order valence-electron chi connectivity index (χ2n) is 10.0. The van der Waals surface area contributed by atoms with Crippen LogP contribution >= 0.6 is 0 Å². The van der Waals surface area contributed by atoms with Gasteiger partial charge in [-0.25, -0.2) is 4.68 Å². The maximum atomic E-state index is 15.4. The number of hydrogen-bond donors (Lipinski definition) is 0. The smallest absolute Gasteiger partial charge is 0.254 e. The average Bonchev–Trinajstić information content (AvgIpc) is 3.20. The van der Waals surface area contributed by atoms with E-state index >= 15 is 4.39 Å². The first-order valence-corrected chi connectivity index (χ1v) is 12.2. The van der Waals surface area contributed by atoms with Crippen LogP contribution in [-0.4, -0.2) is 32.1 Å². The Morgan fingerprint density at radius 3 is 2.55 bits per heavy atom. The van der Waals surface area contributed by atoms with Crippen molar-refractivity contribution in [2.75, 3.05) is 6.54 Å². The van der Waals surface area contributed by atoms with E-state index in [2.05, 4.69) is 5.10 Å². The molecule has 1 amide bonds. The van der Waals surface area contributed by atoms with Crippen molar-refractivity contribution in [3.63, 3.8) is 0 Å². The van der Waals surface area contributed by atoms with Gasteiger partial charge in [0.05, 0.1) is 17.5 Å². The first-order chi connectivity index (χ1) is 16.1. The molecule has 0 N–H and O–H groups in total. The Morgan fingerprint density at radius 1 is 0.970 bits per heavy atom. The molecule has 3 heterocycles. The molecule has 0 bridgehead atoms. The maximum Gasteiger partial charge on any atom is 0.254 e. The van der Waals surface area contributed by atoms with Crippen molar-refractivity contribution in [3.05, 3.63) is 59.3 Å². The van der Waals surface area contributed by atoms with Crippen LogP contribution < -0.4 is 0 Å². The molecule has 33 heavy (non-hydrogen) atoms. The van der Waals surface area contributed by atoms with E-state index < -0.39 is 0 Å². The Balaban J connectivity index is 1.35. The van der Waals surface area contributed by atoms with Gasteiger partial charge in [-0.1, -0.05) is 31.0 Å². The number of benzene rings is 1. The fourth-order valence-electron chi connectivity index (χ4n) is 5.38. The fraction of sp³-hybridized carbons (Fsp3) is 0.444. The molecule has 6 heteroatoms. The van der Waals surface area contributed by atoms with Gasteiger partial charge >= 0.3 is 0 Å². The summed E-state index contributed by atoms with van der Waals surface area (Å²) in [6.45, 7) is 4.09. The van der Waals surface area contributed by atoms with Gasteiger partial charge in [0.25, 0.3) is 5.91 Å². The number of aromatic nitrogens is 3. The molecule has 1 aromatic carbocycles. The predicted molar refractivity (Wildman–Crippen MR) is 125 cm³/mol. The van der Waals surface area contributed by atoms with E-state index in [0.29, 0.717) is 36.2 Å². The van der Waals surface area contributed by atoms with E-state index in [1.165, 1.54) is 30.4 Å². The zero-order valence-electron chi connectivity index (χ0n) is 19.1. The van der Waals surface area contributed by atoms with Crippen LogP contribution in [0.15, 0.2) is 36.5 Å². The lowest BCUT2D eigenvalue weighted by Gasteiger charge is -2.14. The number of rotatable bonds is 6. The van der Waals surface area contributed by atoms with Gasteiger partial charge in [-0.15, -0.1) is 0 Å². The lowest BCUT2D eigenvalue weighted by molar-refractivity contribution is 0.0771. The van der Waals surface area contributed by atoms with Gasteiger partial charge in [0.2, 0.25) is 5.95 Å². The molecule has 3 aliphatic rings. The predicted octanol–water partition coefficient (Wildman–Crippen LogP) is 5.62. The first kappa shape index (κ1) is 20.6. The lowest BCUT2D eigenvalue weighted by Crippen LogP contribution is -2.26. The number of amides is 1. The maximum absolute atomic E-state index is 15.4. The summed E-state index contributed by atoms with van der Waals surface area (Å²) in [4.78, 5) is 19.8. The molecule has 5 nitrogen and oxygen atoms in total. The summed E-state index contributed by atoms with van der Waals surface area (Å²) in [5.74, 6) is 0.964. The largest absolute Gasteiger partial charge is 0.334 e. The molecule has 2 saturated carbocycles. The third-order valence-corrected chi connectivity index (χ3v) is 7.44. The van der Waals surface area contributed by atoms with Crippen LogP contribution in [-0.2, 0) is 13.1 Å². The molecule has 170 valence electrons. The summed E-state index contributed by atoms with van der Waals surface area (Å²) in [5, 5.41) is 4.38. The minimum absolute atomic E-state index is 0.100. The number of pyridine rings is 1. The van der Waals surface area contributed by atoms with Gasteiger partial charge in [-0.05, 0) is 62.1 Å². The Labute approximate surface area is 193 Å². The van der Waals surface area contributed by atoms with Gasteiger partial charge in [0.1, 0.15) is 0 Å². The van der Waals surface area contributed by atoms with Crippen LogP contribution in [0.25, 0.3) is 22.4 Å². The van der Waals surface area contributed by atoms with E-state index in [1.807, 2.05) is 42.2 Å². The summed E-state index contributed by atoms with van der Waals surface area (Å²) in [5.41, 5.74) is 5.40. The summed E-state index contributed by atoms with van der Waals surface area (Å²) >= 11 is 0. The monoisotopic (exact) mass is 444 g/mol. The van der Waals surface area contributed by atoms with Crippen molar-refractivity contribution >= 4 is 5.91 Å². The third kappa shape index (κ3) is 3.85. The topological polar surface area (TPSA) is 51.0 Å². The molecule has 0 atom stereocenters. The number of carbonyl (C=O) groups excluding carboxylic acids is 1. The van der Waals surface area contributed by atoms with Crippen molar-refractivity contribution in [2.24, 2.45) is 11.8 Å². The van der Waals surface area contributed by atoms with Crippen LogP contribution in [0, 0.1) is 24.7 Å². The highest BCUT2D eigenvalue weighted by Gasteiger charge is 2.33. The zero-order valence-corrected chi connectivity index (χ0v) is 19.1. The molecule has 0 radical (unpaired) electrons. The van der Waals surface area contributed by atoms with Gasteiger partial charge in [-0.3, -0.25) is 9.78 Å². The van der Waals surface area contributed by atoms with Crippen LogP contribution in [0.5, 0.6) is 0 Å². The van der Waals surface area contributed by atoms with Crippen LogP contribution in [0.4, 0.5) is 4.39 Å². The Bertz CT molecular complexity index is 1220. The second kappa shape index (κ2) is 8.08. The van der Waals surface area contributed by atoms with E-state index in [-0.39, 0.29) is 11.9 Å². The minimum Gasteiger partial charge on any atom is -0.334 e. The molecule has 0 spiro atoms. The quantitative estimate of drug-likeness (QED) is 0.496. The number of carbonyl (C=O) groups is 1. The highest BCUT2D eigenvalue weighted by atomic mass is 19.1. The summed E-state index contributed by atoms with van der Waals surface area (Å²) in [7, 11) is 0. The van der Waals surface area contributed by atoms with Gasteiger partial charge < -0.3 is 4.90 Å². The molecule has 2 fully saturated rings. The van der Waals surface area contributed by atoms with Crippen LogP contribution in [0.2, 0.25) is 0 Å². The molecular formula is C27H29FN4O.